The average molecular weight is 253 g/mol. The number of halogens is 1. The van der Waals surface area contributed by atoms with E-state index in [1.54, 1.807) is 0 Å². The predicted molar refractivity (Wildman–Crippen MR) is 63.9 cm³/mol. The van der Waals surface area contributed by atoms with Crippen LogP contribution < -0.4 is 10.6 Å². The first kappa shape index (κ1) is 15.5. The second-order valence-corrected chi connectivity index (χ2v) is 4.87. The zero-order valence-corrected chi connectivity index (χ0v) is 10.8. The third-order valence-electron chi connectivity index (χ3n) is 2.16. The van der Waals surface area contributed by atoms with Gasteiger partial charge in [-0.15, -0.1) is 12.4 Å². The molecule has 0 unspecified atom stereocenters. The summed E-state index contributed by atoms with van der Waals surface area (Å²) in [5, 5.41) is 14.8. The van der Waals surface area contributed by atoms with Gasteiger partial charge in [0, 0.05) is 18.6 Å². The fourth-order valence-corrected chi connectivity index (χ4v) is 1.54. The van der Waals surface area contributed by atoms with Crippen molar-refractivity contribution in [3.8, 4) is 0 Å². The van der Waals surface area contributed by atoms with Crippen LogP contribution in [0.25, 0.3) is 0 Å². The van der Waals surface area contributed by atoms with Crippen molar-refractivity contribution in [3.63, 3.8) is 0 Å². The Bertz CT molecular complexity index is 231. The summed E-state index contributed by atoms with van der Waals surface area (Å²) in [4.78, 5) is 11.4. The first-order valence-electron chi connectivity index (χ1n) is 5.24. The lowest BCUT2D eigenvalue weighted by atomic mass is 10.2. The molecule has 6 heteroatoms. The highest BCUT2D eigenvalue weighted by molar-refractivity contribution is 5.85. The Morgan fingerprint density at radius 1 is 1.56 bits per heavy atom. The molecule has 5 nitrogen and oxygen atoms in total. The number of nitrogens with one attached hydrogen (secondary N) is 2. The molecule has 0 spiro atoms. The van der Waals surface area contributed by atoms with Gasteiger partial charge in [-0.25, -0.2) is 4.79 Å². The second-order valence-electron chi connectivity index (χ2n) is 4.87. The van der Waals surface area contributed by atoms with E-state index < -0.39 is 11.7 Å². The van der Waals surface area contributed by atoms with E-state index in [0.717, 1.165) is 6.42 Å². The number of aliphatic hydroxyl groups is 1. The molecular formula is C10H21ClN2O3. The van der Waals surface area contributed by atoms with Gasteiger partial charge in [0.15, 0.2) is 0 Å². The average Bonchev–Trinajstić information content (AvgIpc) is 2.48. The molecule has 96 valence electrons. The number of hydrogen-bond acceptors (Lipinski definition) is 4. The van der Waals surface area contributed by atoms with Crippen molar-refractivity contribution in [2.75, 3.05) is 13.2 Å². The van der Waals surface area contributed by atoms with Gasteiger partial charge in [0.1, 0.15) is 5.60 Å². The Morgan fingerprint density at radius 2 is 2.19 bits per heavy atom. The van der Waals surface area contributed by atoms with E-state index in [0.29, 0.717) is 6.54 Å². The van der Waals surface area contributed by atoms with Crippen LogP contribution in [-0.2, 0) is 4.74 Å². The Morgan fingerprint density at radius 3 is 2.62 bits per heavy atom. The third kappa shape index (κ3) is 5.53. The maximum absolute atomic E-state index is 11.4. The maximum Gasteiger partial charge on any atom is 0.407 e. The fourth-order valence-electron chi connectivity index (χ4n) is 1.54. The van der Waals surface area contributed by atoms with Crippen molar-refractivity contribution < 1.29 is 14.6 Å². The van der Waals surface area contributed by atoms with Gasteiger partial charge in [-0.2, -0.15) is 0 Å². The second kappa shape index (κ2) is 6.27. The number of ether oxygens (including phenoxy) is 1. The van der Waals surface area contributed by atoms with E-state index in [1.165, 1.54) is 0 Å². The Balaban J connectivity index is 0.00000225. The minimum atomic E-state index is -0.466. The molecule has 1 amide bonds. The molecule has 0 aromatic carbocycles. The molecule has 16 heavy (non-hydrogen) atoms. The molecule has 1 saturated heterocycles. The minimum absolute atomic E-state index is 0. The Labute approximate surface area is 102 Å². The Hall–Kier alpha value is -0.520. The number of carbonyl (C=O) groups is 1. The van der Waals surface area contributed by atoms with Crippen LogP contribution in [0.1, 0.15) is 27.2 Å². The number of hydrogen-bond donors (Lipinski definition) is 3. The van der Waals surface area contributed by atoms with E-state index >= 15 is 0 Å². The molecule has 1 heterocycles. The van der Waals surface area contributed by atoms with Crippen LogP contribution in [0.5, 0.6) is 0 Å². The highest BCUT2D eigenvalue weighted by Crippen LogP contribution is 2.09. The molecule has 0 radical (unpaired) electrons. The molecule has 1 fully saturated rings. The lowest BCUT2D eigenvalue weighted by molar-refractivity contribution is 0.0507. The summed E-state index contributed by atoms with van der Waals surface area (Å²) in [6.45, 7) is 6.28. The highest BCUT2D eigenvalue weighted by Gasteiger charge is 2.26. The van der Waals surface area contributed by atoms with E-state index in [-0.39, 0.29) is 31.1 Å². The van der Waals surface area contributed by atoms with Crippen LogP contribution in [0.2, 0.25) is 0 Å². The molecule has 1 aliphatic heterocycles. The maximum atomic E-state index is 11.4. The normalized spacial score (nSPS) is 24.8. The van der Waals surface area contributed by atoms with Crippen molar-refractivity contribution >= 4 is 18.5 Å². The molecule has 0 aromatic rings. The zero-order valence-electron chi connectivity index (χ0n) is 9.95. The smallest absolute Gasteiger partial charge is 0.407 e. The van der Waals surface area contributed by atoms with E-state index in [9.17, 15) is 4.79 Å². The lowest BCUT2D eigenvalue weighted by Gasteiger charge is -2.21. The van der Waals surface area contributed by atoms with Crippen molar-refractivity contribution in [3.05, 3.63) is 0 Å². The largest absolute Gasteiger partial charge is 0.444 e. The molecular weight excluding hydrogens is 232 g/mol. The van der Waals surface area contributed by atoms with Crippen molar-refractivity contribution in [2.24, 2.45) is 0 Å². The summed E-state index contributed by atoms with van der Waals surface area (Å²) in [6, 6.07) is 0.141. The fraction of sp³-hybridized carbons (Fsp3) is 0.900. The van der Waals surface area contributed by atoms with Crippen molar-refractivity contribution in [2.45, 2.75) is 44.9 Å². The van der Waals surface area contributed by atoms with Crippen LogP contribution in [0, 0.1) is 0 Å². The molecule has 0 aromatic heterocycles. The van der Waals surface area contributed by atoms with Gasteiger partial charge in [0.2, 0.25) is 0 Å². The quantitative estimate of drug-likeness (QED) is 0.675. The number of alkyl carbamates (subject to hydrolysis) is 1. The summed E-state index contributed by atoms with van der Waals surface area (Å²) in [6.07, 6.45) is 0.350. The number of amides is 1. The van der Waals surface area contributed by atoms with Gasteiger partial charge in [0.25, 0.3) is 0 Å². The topological polar surface area (TPSA) is 70.6 Å². The monoisotopic (exact) mass is 252 g/mol. The van der Waals surface area contributed by atoms with Crippen LogP contribution in [0.3, 0.4) is 0 Å². The molecule has 3 N–H and O–H groups in total. The molecule has 0 bridgehead atoms. The lowest BCUT2D eigenvalue weighted by Crippen LogP contribution is -2.40. The molecule has 0 saturated carbocycles. The van der Waals surface area contributed by atoms with Crippen molar-refractivity contribution in [1.29, 1.82) is 0 Å². The van der Waals surface area contributed by atoms with Crippen LogP contribution in [-0.4, -0.2) is 42.0 Å². The standard InChI is InChI=1S/C10H20N2O3.ClH/c1-10(2,3)15-9(14)12-7-4-8(6-13)11-5-7;/h7-8,11,13H,4-6H2,1-3H3,(H,12,14);1H/t7-,8+;/m1./s1. The summed E-state index contributed by atoms with van der Waals surface area (Å²) >= 11 is 0. The van der Waals surface area contributed by atoms with E-state index in [4.69, 9.17) is 9.84 Å². The predicted octanol–water partition coefficient (Wildman–Crippen LogP) is 0.656. The number of carbonyl (C=O) groups excluding carboxylic acids is 1. The molecule has 0 aliphatic carbocycles. The van der Waals surface area contributed by atoms with Gasteiger partial charge in [-0.05, 0) is 27.2 Å². The van der Waals surface area contributed by atoms with Gasteiger partial charge >= 0.3 is 6.09 Å². The molecule has 2 atom stereocenters. The van der Waals surface area contributed by atoms with Gasteiger partial charge in [-0.1, -0.05) is 0 Å². The number of aliphatic hydroxyl groups excluding tert-OH is 1. The number of rotatable bonds is 2. The van der Waals surface area contributed by atoms with Crippen LogP contribution >= 0.6 is 12.4 Å². The first-order chi connectivity index (χ1) is 6.90. The summed E-state index contributed by atoms with van der Waals surface area (Å²) in [7, 11) is 0. The first-order valence-corrected chi connectivity index (χ1v) is 5.24. The summed E-state index contributed by atoms with van der Waals surface area (Å²) in [5.41, 5.74) is -0.466. The van der Waals surface area contributed by atoms with Crippen molar-refractivity contribution in [1.82, 2.24) is 10.6 Å². The SMILES string of the molecule is CC(C)(C)OC(=O)N[C@H]1CN[C@H](CO)C1.Cl. The van der Waals surface area contributed by atoms with Gasteiger partial charge in [-0.3, -0.25) is 0 Å². The Kier molecular flexibility index (Phi) is 6.07. The van der Waals surface area contributed by atoms with Crippen LogP contribution in [0.15, 0.2) is 0 Å². The van der Waals surface area contributed by atoms with Gasteiger partial charge < -0.3 is 20.5 Å². The molecule has 1 aliphatic rings. The highest BCUT2D eigenvalue weighted by atomic mass is 35.5. The summed E-state index contributed by atoms with van der Waals surface area (Å²) < 4.78 is 5.13. The molecule has 1 rings (SSSR count). The van der Waals surface area contributed by atoms with E-state index in [1.807, 2.05) is 20.8 Å². The minimum Gasteiger partial charge on any atom is -0.444 e. The van der Waals surface area contributed by atoms with Gasteiger partial charge in [0.05, 0.1) is 6.61 Å². The van der Waals surface area contributed by atoms with E-state index in [2.05, 4.69) is 10.6 Å². The third-order valence-corrected chi connectivity index (χ3v) is 2.16. The zero-order chi connectivity index (χ0) is 11.5. The summed E-state index contributed by atoms with van der Waals surface area (Å²) in [5.74, 6) is 0. The van der Waals surface area contributed by atoms with Crippen LogP contribution in [0.4, 0.5) is 4.79 Å².